The van der Waals surface area contributed by atoms with Crippen LogP contribution in [0.2, 0.25) is 10.0 Å². The van der Waals surface area contributed by atoms with Crippen molar-refractivity contribution >= 4 is 45.9 Å². The van der Waals surface area contributed by atoms with E-state index in [2.05, 4.69) is 5.10 Å². The van der Waals surface area contributed by atoms with Crippen molar-refractivity contribution < 1.29 is 35.5 Å². The molecule has 0 aliphatic carbocycles. The Hall–Kier alpha value is -3.50. The van der Waals surface area contributed by atoms with Crippen LogP contribution in [0.3, 0.4) is 0 Å². The second-order valence-electron chi connectivity index (χ2n) is 7.61. The van der Waals surface area contributed by atoms with Crippen LogP contribution in [0, 0.1) is 23.3 Å². The molecule has 4 rings (SSSR count). The summed E-state index contributed by atoms with van der Waals surface area (Å²) < 4.78 is 101. The number of nitrogens with one attached hydrogen (secondary N) is 1. The van der Waals surface area contributed by atoms with Gasteiger partial charge in [-0.05, 0) is 34.5 Å². The smallest absolute Gasteiger partial charge is 0.422 e. The van der Waals surface area contributed by atoms with Crippen LogP contribution < -0.4 is 10.2 Å². The zero-order valence-electron chi connectivity index (χ0n) is 18.2. The lowest BCUT2D eigenvalue weighted by molar-refractivity contribution is -0.143. The summed E-state index contributed by atoms with van der Waals surface area (Å²) >= 11 is 11.9. The van der Waals surface area contributed by atoms with Crippen LogP contribution in [0.5, 0.6) is 5.75 Å². The Bertz CT molecular complexity index is 1490. The molecule has 0 aliphatic heterocycles. The average Bonchev–Trinajstić information content (AvgIpc) is 2.85. The Kier molecular flexibility index (Phi) is 7.52. The number of hydrazone groups is 1. The van der Waals surface area contributed by atoms with Crippen LogP contribution in [-0.4, -0.2) is 6.21 Å². The van der Waals surface area contributed by atoms with Gasteiger partial charge in [0.25, 0.3) is 0 Å². The molecule has 192 valence electrons. The number of fused-ring (bicyclic) bond motifs is 1. The maximum absolute atomic E-state index is 14.2. The molecular formula is C25H13Cl2F7N2O. The monoisotopic (exact) mass is 560 g/mol. The molecule has 0 unspecified atom stereocenters. The van der Waals surface area contributed by atoms with E-state index in [0.717, 1.165) is 11.6 Å². The molecule has 0 fully saturated rings. The summed E-state index contributed by atoms with van der Waals surface area (Å²) in [4.78, 5) is 0. The van der Waals surface area contributed by atoms with Gasteiger partial charge in [0.2, 0.25) is 0 Å². The molecule has 1 N–H and O–H groups in total. The summed E-state index contributed by atoms with van der Waals surface area (Å²) in [6.45, 7) is 0.0437. The highest BCUT2D eigenvalue weighted by atomic mass is 35.5. The lowest BCUT2D eigenvalue weighted by Gasteiger charge is -2.14. The Morgan fingerprint density at radius 2 is 1.51 bits per heavy atom. The normalized spacial score (nSPS) is 11.9. The Morgan fingerprint density at radius 1 is 0.838 bits per heavy atom. The van der Waals surface area contributed by atoms with Gasteiger partial charge in [0.15, 0.2) is 23.3 Å². The van der Waals surface area contributed by atoms with Crippen LogP contribution in [0.25, 0.3) is 10.8 Å². The predicted octanol–water partition coefficient (Wildman–Crippen LogP) is 8.75. The van der Waals surface area contributed by atoms with E-state index in [9.17, 15) is 30.7 Å². The molecule has 0 amide bonds. The van der Waals surface area contributed by atoms with Gasteiger partial charge in [0.05, 0.1) is 16.3 Å². The van der Waals surface area contributed by atoms with Gasteiger partial charge in [-0.1, -0.05) is 59.6 Å². The minimum Gasteiger partial charge on any atom is -0.488 e. The van der Waals surface area contributed by atoms with Gasteiger partial charge < -0.3 is 4.74 Å². The summed E-state index contributed by atoms with van der Waals surface area (Å²) in [6.07, 6.45) is -4.60. The number of benzene rings is 4. The lowest BCUT2D eigenvalue weighted by atomic mass is 10.0. The summed E-state index contributed by atoms with van der Waals surface area (Å²) in [5.74, 6) is -9.49. The molecule has 0 aliphatic rings. The van der Waals surface area contributed by atoms with Crippen LogP contribution in [0.15, 0.2) is 59.7 Å². The number of hydrogen-bond donors (Lipinski definition) is 1. The summed E-state index contributed by atoms with van der Waals surface area (Å²) in [6, 6.07) is 15.1. The first-order valence-electron chi connectivity index (χ1n) is 10.3. The fraction of sp³-hybridized carbons (Fsp3) is 0.0800. The molecule has 12 heteroatoms. The van der Waals surface area contributed by atoms with E-state index in [-0.39, 0.29) is 12.4 Å². The van der Waals surface area contributed by atoms with E-state index in [0.29, 0.717) is 26.6 Å². The van der Waals surface area contributed by atoms with Gasteiger partial charge in [0.1, 0.15) is 23.6 Å². The number of anilines is 1. The number of nitrogens with zero attached hydrogens (tertiary/aromatic N) is 1. The fourth-order valence-corrected chi connectivity index (χ4v) is 3.79. The highest BCUT2D eigenvalue weighted by Gasteiger charge is 2.42. The lowest BCUT2D eigenvalue weighted by Crippen LogP contribution is -2.16. The quantitative estimate of drug-likeness (QED) is 0.111. The van der Waals surface area contributed by atoms with Crippen molar-refractivity contribution in [1.29, 1.82) is 0 Å². The average molecular weight is 561 g/mol. The summed E-state index contributed by atoms with van der Waals surface area (Å²) in [5, 5.41) is 5.60. The van der Waals surface area contributed by atoms with E-state index in [4.69, 9.17) is 27.9 Å². The third kappa shape index (κ3) is 5.45. The van der Waals surface area contributed by atoms with Crippen LogP contribution in [0.1, 0.15) is 16.7 Å². The molecular weight excluding hydrogens is 548 g/mol. The standard InChI is InChI=1S/C25H13Cl2F7N2O/c26-16-7-5-12(9-17(16)27)11-37-18-8-6-13-3-1-2-4-14(13)15(18)10-35-36-24-22(30)20(28)19(25(32,33)34)21(29)23(24)31/h1-10,36H,11H2. The van der Waals surface area contributed by atoms with E-state index in [1.165, 1.54) is 0 Å². The van der Waals surface area contributed by atoms with Crippen molar-refractivity contribution in [3.63, 3.8) is 0 Å². The number of alkyl halides is 3. The van der Waals surface area contributed by atoms with Crippen molar-refractivity contribution in [1.82, 2.24) is 0 Å². The van der Waals surface area contributed by atoms with E-state index in [1.807, 2.05) is 0 Å². The van der Waals surface area contributed by atoms with Crippen molar-refractivity contribution in [2.45, 2.75) is 12.8 Å². The molecule has 0 saturated carbocycles. The molecule has 3 nitrogen and oxygen atoms in total. The van der Waals surface area contributed by atoms with Gasteiger partial charge >= 0.3 is 6.18 Å². The topological polar surface area (TPSA) is 33.6 Å². The molecule has 4 aromatic carbocycles. The Labute approximate surface area is 215 Å². The first-order valence-corrected chi connectivity index (χ1v) is 11.0. The maximum atomic E-state index is 14.2. The SMILES string of the molecule is Fc1c(F)c(C(F)(F)F)c(F)c(F)c1NN=Cc1c(OCc2ccc(Cl)c(Cl)c2)ccc2ccccc12. The largest absolute Gasteiger partial charge is 0.488 e. The maximum Gasteiger partial charge on any atom is 0.422 e. The van der Waals surface area contributed by atoms with Crippen LogP contribution >= 0.6 is 23.2 Å². The number of hydrogen-bond acceptors (Lipinski definition) is 3. The molecule has 37 heavy (non-hydrogen) atoms. The van der Waals surface area contributed by atoms with Gasteiger partial charge in [-0.2, -0.15) is 18.3 Å². The Balaban J connectivity index is 1.68. The van der Waals surface area contributed by atoms with E-state index in [1.54, 1.807) is 60.0 Å². The number of ether oxygens (including phenoxy) is 1. The highest BCUT2D eigenvalue weighted by molar-refractivity contribution is 6.42. The molecule has 0 atom stereocenters. The number of halogens is 9. The van der Waals surface area contributed by atoms with E-state index >= 15 is 0 Å². The minimum atomic E-state index is -5.65. The zero-order valence-corrected chi connectivity index (χ0v) is 19.7. The van der Waals surface area contributed by atoms with Crippen molar-refractivity contribution in [2.75, 3.05) is 5.43 Å². The second kappa shape index (κ2) is 10.5. The van der Waals surface area contributed by atoms with Crippen LogP contribution in [0.4, 0.5) is 36.4 Å². The second-order valence-corrected chi connectivity index (χ2v) is 8.42. The van der Waals surface area contributed by atoms with Crippen molar-refractivity contribution in [3.8, 4) is 5.75 Å². The van der Waals surface area contributed by atoms with Crippen molar-refractivity contribution in [2.24, 2.45) is 5.10 Å². The Morgan fingerprint density at radius 3 is 2.16 bits per heavy atom. The van der Waals surface area contributed by atoms with Crippen LogP contribution in [-0.2, 0) is 12.8 Å². The highest BCUT2D eigenvalue weighted by Crippen LogP contribution is 2.38. The number of rotatable bonds is 6. The van der Waals surface area contributed by atoms with Crippen molar-refractivity contribution in [3.05, 3.63) is 105 Å². The summed E-state index contributed by atoms with van der Waals surface area (Å²) in [7, 11) is 0. The molecule has 4 aromatic rings. The molecule has 0 heterocycles. The van der Waals surface area contributed by atoms with Gasteiger partial charge in [0, 0.05) is 5.56 Å². The van der Waals surface area contributed by atoms with E-state index < -0.39 is 40.7 Å². The first kappa shape index (κ1) is 26.6. The zero-order chi connectivity index (χ0) is 26.9. The third-order valence-corrected chi connectivity index (χ3v) is 5.96. The molecule has 0 saturated heterocycles. The van der Waals surface area contributed by atoms with Gasteiger partial charge in [-0.25, -0.2) is 17.6 Å². The molecule has 0 spiro atoms. The van der Waals surface area contributed by atoms with Gasteiger partial charge in [-0.15, -0.1) is 0 Å². The fourth-order valence-electron chi connectivity index (χ4n) is 3.47. The molecule has 0 aromatic heterocycles. The third-order valence-electron chi connectivity index (χ3n) is 5.23. The molecule has 0 radical (unpaired) electrons. The molecule has 0 bridgehead atoms. The summed E-state index contributed by atoms with van der Waals surface area (Å²) in [5.41, 5.74) is -1.48. The minimum absolute atomic E-state index is 0.0437. The van der Waals surface area contributed by atoms with Gasteiger partial charge in [-0.3, -0.25) is 5.43 Å². The first-order chi connectivity index (χ1) is 17.5. The predicted molar refractivity (Wildman–Crippen MR) is 127 cm³/mol.